The van der Waals surface area contributed by atoms with Crippen LogP contribution in [0.2, 0.25) is 0 Å². The number of rotatable bonds is 7. The molecule has 2 aromatic carbocycles. The van der Waals surface area contributed by atoms with Crippen molar-refractivity contribution in [1.29, 1.82) is 0 Å². The lowest BCUT2D eigenvalue weighted by Crippen LogP contribution is -2.50. The van der Waals surface area contributed by atoms with E-state index in [0.717, 1.165) is 30.0 Å². The Morgan fingerprint density at radius 3 is 2.30 bits per heavy atom. The molecule has 6 heteroatoms. The van der Waals surface area contributed by atoms with E-state index in [4.69, 9.17) is 9.15 Å². The summed E-state index contributed by atoms with van der Waals surface area (Å²) in [5.74, 6) is 1.03. The summed E-state index contributed by atoms with van der Waals surface area (Å²) in [5.41, 5.74) is 2.29. The predicted molar refractivity (Wildman–Crippen MR) is 114 cm³/mol. The Labute approximate surface area is 176 Å². The molecule has 0 saturated carbocycles. The topological polar surface area (TPSA) is 66.2 Å². The zero-order valence-electron chi connectivity index (χ0n) is 16.8. The SMILES string of the molecule is O=C(c1ccco1)N1CCN(C[C@@H](O)COc2ccc(-c3ccccc3)cc2)CC1. The second kappa shape index (κ2) is 9.61. The number of benzene rings is 2. The first-order valence-electron chi connectivity index (χ1n) is 10.2. The molecule has 1 atom stereocenters. The maximum Gasteiger partial charge on any atom is 0.289 e. The molecule has 1 aliphatic rings. The number of β-amino-alcohol motifs (C(OH)–C–C–N with tert-alkyl or cyclic N) is 1. The van der Waals surface area contributed by atoms with E-state index >= 15 is 0 Å². The van der Waals surface area contributed by atoms with Crippen LogP contribution < -0.4 is 4.74 Å². The van der Waals surface area contributed by atoms with E-state index in [-0.39, 0.29) is 12.5 Å². The fraction of sp³-hybridized carbons (Fsp3) is 0.292. The highest BCUT2D eigenvalue weighted by atomic mass is 16.5. The fourth-order valence-electron chi connectivity index (χ4n) is 3.61. The molecule has 1 saturated heterocycles. The van der Waals surface area contributed by atoms with E-state index in [0.29, 0.717) is 25.4 Å². The molecule has 156 valence electrons. The summed E-state index contributed by atoms with van der Waals surface area (Å²) in [6.45, 7) is 3.42. The highest BCUT2D eigenvalue weighted by molar-refractivity contribution is 5.91. The van der Waals surface area contributed by atoms with Gasteiger partial charge in [0.05, 0.1) is 6.26 Å². The van der Waals surface area contributed by atoms with Gasteiger partial charge in [0.25, 0.3) is 5.91 Å². The van der Waals surface area contributed by atoms with Crippen LogP contribution in [0.3, 0.4) is 0 Å². The summed E-state index contributed by atoms with van der Waals surface area (Å²) in [6.07, 6.45) is 0.917. The van der Waals surface area contributed by atoms with Crippen molar-refractivity contribution in [3.8, 4) is 16.9 Å². The van der Waals surface area contributed by atoms with Crippen LogP contribution in [0.4, 0.5) is 0 Å². The summed E-state index contributed by atoms with van der Waals surface area (Å²) in [6, 6.07) is 21.5. The number of furan rings is 1. The van der Waals surface area contributed by atoms with E-state index in [1.807, 2.05) is 42.5 Å². The van der Waals surface area contributed by atoms with Gasteiger partial charge in [0.2, 0.25) is 0 Å². The lowest BCUT2D eigenvalue weighted by molar-refractivity contribution is 0.0389. The number of nitrogens with zero attached hydrogens (tertiary/aromatic N) is 2. The molecule has 6 nitrogen and oxygen atoms in total. The molecule has 1 fully saturated rings. The van der Waals surface area contributed by atoms with Crippen molar-refractivity contribution in [2.24, 2.45) is 0 Å². The largest absolute Gasteiger partial charge is 0.491 e. The highest BCUT2D eigenvalue weighted by Crippen LogP contribution is 2.22. The molecule has 0 aliphatic carbocycles. The predicted octanol–water partition coefficient (Wildman–Crippen LogP) is 3.14. The molecule has 1 aliphatic heterocycles. The summed E-state index contributed by atoms with van der Waals surface area (Å²) in [4.78, 5) is 16.2. The van der Waals surface area contributed by atoms with Crippen molar-refractivity contribution < 1.29 is 19.1 Å². The van der Waals surface area contributed by atoms with Gasteiger partial charge in [-0.1, -0.05) is 42.5 Å². The normalized spacial score (nSPS) is 15.7. The summed E-state index contributed by atoms with van der Waals surface area (Å²) >= 11 is 0. The number of aliphatic hydroxyl groups is 1. The van der Waals surface area contributed by atoms with E-state index < -0.39 is 6.10 Å². The molecule has 1 N–H and O–H groups in total. The minimum absolute atomic E-state index is 0.0810. The molecule has 30 heavy (non-hydrogen) atoms. The minimum Gasteiger partial charge on any atom is -0.491 e. The first-order chi connectivity index (χ1) is 14.7. The van der Waals surface area contributed by atoms with Gasteiger partial charge in [-0.05, 0) is 35.4 Å². The Morgan fingerprint density at radius 2 is 1.63 bits per heavy atom. The Kier molecular flexibility index (Phi) is 6.47. The molecule has 1 amide bonds. The number of carbonyl (C=O) groups is 1. The highest BCUT2D eigenvalue weighted by Gasteiger charge is 2.24. The van der Waals surface area contributed by atoms with Crippen molar-refractivity contribution in [2.75, 3.05) is 39.3 Å². The molecule has 0 bridgehead atoms. The van der Waals surface area contributed by atoms with Crippen molar-refractivity contribution in [3.05, 3.63) is 78.8 Å². The van der Waals surface area contributed by atoms with Gasteiger partial charge in [-0.3, -0.25) is 9.69 Å². The maximum absolute atomic E-state index is 12.3. The Bertz CT molecular complexity index is 918. The quantitative estimate of drug-likeness (QED) is 0.653. The average molecular weight is 406 g/mol. The summed E-state index contributed by atoms with van der Waals surface area (Å²) in [5, 5.41) is 10.4. The van der Waals surface area contributed by atoms with Gasteiger partial charge in [0.1, 0.15) is 18.5 Å². The number of piperazine rings is 1. The number of ether oxygens (including phenoxy) is 1. The van der Waals surface area contributed by atoms with E-state index in [2.05, 4.69) is 17.0 Å². The van der Waals surface area contributed by atoms with Crippen molar-refractivity contribution in [2.45, 2.75) is 6.10 Å². The van der Waals surface area contributed by atoms with Crippen LogP contribution in [0, 0.1) is 0 Å². The monoisotopic (exact) mass is 406 g/mol. The van der Waals surface area contributed by atoms with Crippen LogP contribution in [0.25, 0.3) is 11.1 Å². The van der Waals surface area contributed by atoms with Gasteiger partial charge >= 0.3 is 0 Å². The number of aliphatic hydroxyl groups excluding tert-OH is 1. The van der Waals surface area contributed by atoms with Crippen LogP contribution in [-0.2, 0) is 0 Å². The Balaban J connectivity index is 1.20. The Hall–Kier alpha value is -3.09. The van der Waals surface area contributed by atoms with E-state index in [1.54, 1.807) is 17.0 Å². The minimum atomic E-state index is -0.592. The van der Waals surface area contributed by atoms with Crippen molar-refractivity contribution in [3.63, 3.8) is 0 Å². The van der Waals surface area contributed by atoms with Crippen molar-refractivity contribution in [1.82, 2.24) is 9.80 Å². The lowest BCUT2D eigenvalue weighted by Gasteiger charge is -2.35. The molecule has 2 heterocycles. The zero-order chi connectivity index (χ0) is 20.8. The standard InChI is InChI=1S/C24H26N2O4/c27-21(17-25-12-14-26(15-13-25)24(28)23-7-4-16-29-23)18-30-22-10-8-20(9-11-22)19-5-2-1-3-6-19/h1-11,16,21,27H,12-15,17-18H2/t21-/m1/s1. The van der Waals surface area contributed by atoms with E-state index in [1.165, 1.54) is 6.26 Å². The van der Waals surface area contributed by atoms with Crippen LogP contribution >= 0.6 is 0 Å². The number of hydrogen-bond donors (Lipinski definition) is 1. The van der Waals surface area contributed by atoms with E-state index in [9.17, 15) is 9.90 Å². The van der Waals surface area contributed by atoms with Crippen LogP contribution in [-0.4, -0.2) is 66.2 Å². The van der Waals surface area contributed by atoms with Gasteiger partial charge < -0.3 is 19.2 Å². The Morgan fingerprint density at radius 1 is 0.933 bits per heavy atom. The molecule has 0 unspecified atom stereocenters. The first kappa shape index (κ1) is 20.2. The molecule has 0 radical (unpaired) electrons. The number of hydrogen-bond acceptors (Lipinski definition) is 5. The van der Waals surface area contributed by atoms with Gasteiger partial charge in [-0.2, -0.15) is 0 Å². The first-order valence-corrected chi connectivity index (χ1v) is 10.2. The second-order valence-corrected chi connectivity index (χ2v) is 7.43. The van der Waals surface area contributed by atoms with Gasteiger partial charge in [-0.15, -0.1) is 0 Å². The fourth-order valence-corrected chi connectivity index (χ4v) is 3.61. The summed E-state index contributed by atoms with van der Waals surface area (Å²) in [7, 11) is 0. The zero-order valence-corrected chi connectivity index (χ0v) is 16.8. The van der Waals surface area contributed by atoms with Crippen LogP contribution in [0.15, 0.2) is 77.4 Å². The second-order valence-electron chi connectivity index (χ2n) is 7.43. The van der Waals surface area contributed by atoms with Gasteiger partial charge in [0.15, 0.2) is 5.76 Å². The van der Waals surface area contributed by atoms with Gasteiger partial charge in [0, 0.05) is 32.7 Å². The smallest absolute Gasteiger partial charge is 0.289 e. The average Bonchev–Trinajstić information content (AvgIpc) is 3.34. The third kappa shape index (κ3) is 5.09. The third-order valence-electron chi connectivity index (χ3n) is 5.26. The number of carbonyl (C=O) groups excluding carboxylic acids is 1. The van der Waals surface area contributed by atoms with Crippen LogP contribution in [0.1, 0.15) is 10.6 Å². The molecule has 1 aromatic heterocycles. The molecule has 4 rings (SSSR count). The maximum atomic E-state index is 12.3. The van der Waals surface area contributed by atoms with Crippen molar-refractivity contribution >= 4 is 5.91 Å². The third-order valence-corrected chi connectivity index (χ3v) is 5.26. The summed E-state index contributed by atoms with van der Waals surface area (Å²) < 4.78 is 10.9. The molecule has 3 aromatic rings. The molecular weight excluding hydrogens is 380 g/mol. The van der Waals surface area contributed by atoms with Crippen LogP contribution in [0.5, 0.6) is 5.75 Å². The lowest BCUT2D eigenvalue weighted by atomic mass is 10.1. The number of amides is 1. The molecular formula is C24H26N2O4. The van der Waals surface area contributed by atoms with Gasteiger partial charge in [-0.25, -0.2) is 0 Å². The molecule has 0 spiro atoms.